The number of rotatable bonds is 6. The highest BCUT2D eigenvalue weighted by Crippen LogP contribution is 2.29. The maximum Gasteiger partial charge on any atom is 0.360 e. The van der Waals surface area contributed by atoms with E-state index in [0.29, 0.717) is 17.6 Å². The normalized spacial score (nSPS) is 14.2. The molecule has 1 aliphatic heterocycles. The maximum atomic E-state index is 12.8. The van der Waals surface area contributed by atoms with Crippen molar-refractivity contribution in [2.75, 3.05) is 18.4 Å². The van der Waals surface area contributed by atoms with Gasteiger partial charge in [-0.15, -0.1) is 0 Å². The molecule has 2 heterocycles. The Bertz CT molecular complexity index is 1250. The van der Waals surface area contributed by atoms with Gasteiger partial charge in [0.15, 0.2) is 0 Å². The van der Waals surface area contributed by atoms with Crippen LogP contribution in [-0.2, 0) is 6.42 Å². The first-order chi connectivity index (χ1) is 15.9. The number of allylic oxidation sites excluding steroid dienone is 2. The van der Waals surface area contributed by atoms with Gasteiger partial charge in [0.1, 0.15) is 23.1 Å². The van der Waals surface area contributed by atoms with Gasteiger partial charge in [0, 0.05) is 16.5 Å². The Balaban J connectivity index is 1.55. The highest BCUT2D eigenvalue weighted by molar-refractivity contribution is 6.05. The molecule has 1 aromatic heterocycles. The van der Waals surface area contributed by atoms with Crippen molar-refractivity contribution in [1.29, 1.82) is 0 Å². The molecule has 0 aliphatic carbocycles. The minimum atomic E-state index is -0.592. The first kappa shape index (κ1) is 22.8. The van der Waals surface area contributed by atoms with Crippen molar-refractivity contribution in [3.05, 3.63) is 81.2 Å². The number of hydrogen-bond acceptors (Lipinski definition) is 5. The Morgan fingerprint density at radius 3 is 2.79 bits per heavy atom. The minimum Gasteiger partial charge on any atom is -0.490 e. The molecule has 2 aromatic carbocycles. The third kappa shape index (κ3) is 5.52. The zero-order valence-electron chi connectivity index (χ0n) is 19.3. The second kappa shape index (κ2) is 10.0. The third-order valence-electron chi connectivity index (χ3n) is 5.78. The monoisotopic (exact) mass is 445 g/mol. The van der Waals surface area contributed by atoms with E-state index in [2.05, 4.69) is 22.8 Å². The number of fused-ring (bicyclic) bond motifs is 1. The Morgan fingerprint density at radius 2 is 2.03 bits per heavy atom. The lowest BCUT2D eigenvalue weighted by molar-refractivity contribution is 0.102. The van der Waals surface area contributed by atoms with Crippen LogP contribution >= 0.6 is 0 Å². The second-order valence-corrected chi connectivity index (χ2v) is 8.66. The summed E-state index contributed by atoms with van der Waals surface area (Å²) in [7, 11) is 0. The average Bonchev–Trinajstić information content (AvgIpc) is 2.81. The number of amides is 1. The number of carbonyl (C=O) groups excluding carboxylic acids is 1. The number of anilines is 1. The first-order valence-electron chi connectivity index (χ1n) is 11.3. The lowest BCUT2D eigenvalue weighted by atomic mass is 10.1. The van der Waals surface area contributed by atoms with Crippen LogP contribution in [0, 0.1) is 13.0 Å². The van der Waals surface area contributed by atoms with Gasteiger partial charge in [-0.1, -0.05) is 17.7 Å². The van der Waals surface area contributed by atoms with E-state index in [1.807, 2.05) is 32.9 Å². The number of hydrogen-bond donors (Lipinski definition) is 2. The molecule has 1 saturated heterocycles. The number of aryl methyl sites for hydroxylation is 1. The molecule has 2 N–H and O–H groups in total. The van der Waals surface area contributed by atoms with Crippen molar-refractivity contribution in [1.82, 2.24) is 5.32 Å². The summed E-state index contributed by atoms with van der Waals surface area (Å²) in [5, 5.41) is 6.75. The molecule has 0 saturated carbocycles. The van der Waals surface area contributed by atoms with E-state index in [4.69, 9.17) is 9.15 Å². The summed E-state index contributed by atoms with van der Waals surface area (Å²) in [6.07, 6.45) is 4.82. The van der Waals surface area contributed by atoms with Gasteiger partial charge >= 0.3 is 5.63 Å². The van der Waals surface area contributed by atoms with E-state index in [0.717, 1.165) is 48.2 Å². The summed E-state index contributed by atoms with van der Waals surface area (Å²) in [6, 6.07) is 13.7. The molecule has 0 spiro atoms. The zero-order chi connectivity index (χ0) is 23.4. The molecular weight excluding hydrogens is 416 g/mol. The molecule has 1 fully saturated rings. The van der Waals surface area contributed by atoms with E-state index < -0.39 is 5.63 Å². The van der Waals surface area contributed by atoms with Gasteiger partial charge in [-0.3, -0.25) is 4.79 Å². The fourth-order valence-corrected chi connectivity index (χ4v) is 3.90. The number of ether oxygens (including phenoxy) is 1. The fraction of sp³-hybridized carbons (Fsp3) is 0.333. The second-order valence-electron chi connectivity index (χ2n) is 8.66. The molecule has 33 heavy (non-hydrogen) atoms. The number of nitrogens with one attached hydrogen (secondary N) is 2. The lowest BCUT2D eigenvalue weighted by Crippen LogP contribution is -2.34. The van der Waals surface area contributed by atoms with Gasteiger partial charge in [0.2, 0.25) is 0 Å². The van der Waals surface area contributed by atoms with Crippen molar-refractivity contribution in [3.8, 4) is 5.75 Å². The number of piperidine rings is 1. The third-order valence-corrected chi connectivity index (χ3v) is 5.78. The van der Waals surface area contributed by atoms with Gasteiger partial charge in [-0.2, -0.15) is 0 Å². The van der Waals surface area contributed by atoms with Gasteiger partial charge < -0.3 is 19.8 Å². The van der Waals surface area contributed by atoms with Crippen LogP contribution in [0.2, 0.25) is 0 Å². The van der Waals surface area contributed by atoms with Gasteiger partial charge in [-0.05, 0) is 95.1 Å². The maximum absolute atomic E-state index is 12.8. The van der Waals surface area contributed by atoms with Gasteiger partial charge in [-0.25, -0.2) is 4.79 Å². The molecule has 0 unspecified atom stereocenters. The van der Waals surface area contributed by atoms with E-state index in [1.54, 1.807) is 24.3 Å². The smallest absolute Gasteiger partial charge is 0.360 e. The Kier molecular flexibility index (Phi) is 6.94. The molecule has 6 heteroatoms. The summed E-state index contributed by atoms with van der Waals surface area (Å²) in [4.78, 5) is 25.4. The zero-order valence-corrected chi connectivity index (χ0v) is 19.3. The molecule has 1 aliphatic rings. The Morgan fingerprint density at radius 1 is 1.24 bits per heavy atom. The van der Waals surface area contributed by atoms with Crippen LogP contribution in [0.15, 0.2) is 57.3 Å². The first-order valence-corrected chi connectivity index (χ1v) is 11.3. The van der Waals surface area contributed by atoms with Crippen LogP contribution in [0.1, 0.15) is 48.2 Å². The van der Waals surface area contributed by atoms with Crippen molar-refractivity contribution >= 4 is 22.6 Å². The van der Waals surface area contributed by atoms with Crippen molar-refractivity contribution < 1.29 is 13.9 Å². The molecule has 0 atom stereocenters. The SMILES string of the molecule is CC(C)=CCc1[c]ccc(C(=O)Nc2cc3ccc(OC4CCNCC4)c(C)c3oc2=O)c1. The van der Waals surface area contributed by atoms with Gasteiger partial charge in [0.25, 0.3) is 5.91 Å². The molecular formula is C27H29N2O4. The highest BCUT2D eigenvalue weighted by atomic mass is 16.5. The number of benzene rings is 2. The van der Waals surface area contributed by atoms with E-state index in [1.165, 1.54) is 5.57 Å². The predicted molar refractivity (Wildman–Crippen MR) is 130 cm³/mol. The molecule has 4 rings (SSSR count). The fourth-order valence-electron chi connectivity index (χ4n) is 3.90. The van der Waals surface area contributed by atoms with Crippen LogP contribution in [-0.4, -0.2) is 25.1 Å². The topological polar surface area (TPSA) is 80.6 Å². The predicted octanol–water partition coefficient (Wildman–Crippen LogP) is 4.79. The molecule has 6 nitrogen and oxygen atoms in total. The molecule has 1 amide bonds. The quantitative estimate of drug-likeness (QED) is 0.421. The standard InChI is InChI=1S/C27H29N2O4/c1-17(2)7-8-19-5-4-6-21(15-19)26(30)29-23-16-20-9-10-24(18(3)25(20)33-27(23)31)32-22-11-13-28-14-12-22/h4,6-7,9-10,15-16,22,28H,8,11-14H2,1-3H3,(H,29,30). The summed E-state index contributed by atoms with van der Waals surface area (Å²) in [6.45, 7) is 7.81. The summed E-state index contributed by atoms with van der Waals surface area (Å²) in [5.74, 6) is 0.357. The van der Waals surface area contributed by atoms with E-state index in [9.17, 15) is 9.59 Å². The Labute approximate surface area is 193 Å². The van der Waals surface area contributed by atoms with Gasteiger partial charge in [0.05, 0.1) is 0 Å². The average molecular weight is 446 g/mol. The van der Waals surface area contributed by atoms with Crippen LogP contribution in [0.5, 0.6) is 5.75 Å². The molecule has 171 valence electrons. The Hall–Kier alpha value is -3.38. The van der Waals surface area contributed by atoms with Crippen molar-refractivity contribution in [3.63, 3.8) is 0 Å². The number of carbonyl (C=O) groups is 1. The molecule has 0 bridgehead atoms. The van der Waals surface area contributed by atoms with Crippen LogP contribution in [0.4, 0.5) is 5.69 Å². The van der Waals surface area contributed by atoms with Crippen molar-refractivity contribution in [2.45, 2.75) is 46.1 Å². The van der Waals surface area contributed by atoms with Crippen LogP contribution < -0.4 is 21.0 Å². The van der Waals surface area contributed by atoms with Crippen molar-refractivity contribution in [2.24, 2.45) is 0 Å². The molecule has 1 radical (unpaired) electrons. The minimum absolute atomic E-state index is 0.109. The summed E-state index contributed by atoms with van der Waals surface area (Å²) in [5.41, 5.74) is 3.35. The highest BCUT2D eigenvalue weighted by Gasteiger charge is 2.18. The van der Waals surface area contributed by atoms with Crippen LogP contribution in [0.3, 0.4) is 0 Å². The van der Waals surface area contributed by atoms with E-state index >= 15 is 0 Å². The lowest BCUT2D eigenvalue weighted by Gasteiger charge is -2.24. The summed E-state index contributed by atoms with van der Waals surface area (Å²) < 4.78 is 11.8. The largest absolute Gasteiger partial charge is 0.490 e. The van der Waals surface area contributed by atoms with Crippen LogP contribution in [0.25, 0.3) is 11.0 Å². The molecule has 3 aromatic rings. The summed E-state index contributed by atoms with van der Waals surface area (Å²) >= 11 is 0. The van der Waals surface area contributed by atoms with E-state index in [-0.39, 0.29) is 17.7 Å².